The van der Waals surface area contributed by atoms with E-state index in [9.17, 15) is 9.59 Å². The Kier molecular flexibility index (Phi) is 3.27. The average molecular weight is 231 g/mol. The second-order valence-corrected chi connectivity index (χ2v) is 4.97. The molecule has 1 N–H and O–H groups in total. The van der Waals surface area contributed by atoms with Gasteiger partial charge in [0.2, 0.25) is 5.91 Å². The van der Waals surface area contributed by atoms with Gasteiger partial charge < -0.3 is 5.32 Å². The minimum Gasteiger partial charge on any atom is -0.326 e. The number of benzene rings is 1. The summed E-state index contributed by atoms with van der Waals surface area (Å²) >= 11 is 0. The quantitative estimate of drug-likeness (QED) is 0.813. The number of nitrogens with one attached hydrogen (secondary N) is 1. The molecule has 3 nitrogen and oxygen atoms in total. The van der Waals surface area contributed by atoms with Gasteiger partial charge in [-0.1, -0.05) is 31.9 Å². The molecule has 1 amide bonds. The third-order valence-electron chi connectivity index (χ3n) is 3.54. The van der Waals surface area contributed by atoms with Crippen LogP contribution in [0.2, 0.25) is 0 Å². The Bertz CT molecular complexity index is 434. The lowest BCUT2D eigenvalue weighted by Crippen LogP contribution is -2.30. The maximum atomic E-state index is 12.1. The van der Waals surface area contributed by atoms with Crippen molar-refractivity contribution in [2.24, 2.45) is 5.41 Å². The molecule has 0 spiro atoms. The Labute approximate surface area is 101 Å². The van der Waals surface area contributed by atoms with Crippen molar-refractivity contribution < 1.29 is 9.59 Å². The molecule has 0 heterocycles. The zero-order chi connectivity index (χ0) is 12.3. The van der Waals surface area contributed by atoms with Crippen molar-refractivity contribution in [3.05, 3.63) is 29.8 Å². The van der Waals surface area contributed by atoms with Crippen LogP contribution in [0.3, 0.4) is 0 Å². The van der Waals surface area contributed by atoms with E-state index in [-0.39, 0.29) is 11.3 Å². The molecule has 1 aliphatic rings. The fourth-order valence-corrected chi connectivity index (χ4v) is 2.35. The molecule has 1 aromatic carbocycles. The van der Waals surface area contributed by atoms with Crippen LogP contribution >= 0.6 is 0 Å². The van der Waals surface area contributed by atoms with E-state index >= 15 is 0 Å². The van der Waals surface area contributed by atoms with Gasteiger partial charge in [0.15, 0.2) is 0 Å². The zero-order valence-corrected chi connectivity index (χ0v) is 10.0. The number of amides is 1. The summed E-state index contributed by atoms with van der Waals surface area (Å²) in [7, 11) is 0. The third kappa shape index (κ3) is 2.54. The molecule has 0 atom stereocenters. The number of anilines is 1. The smallest absolute Gasteiger partial charge is 0.230 e. The molecular weight excluding hydrogens is 214 g/mol. The normalized spacial score (nSPS) is 17.7. The number of rotatable bonds is 3. The Morgan fingerprint density at radius 1 is 1.35 bits per heavy atom. The molecule has 3 heteroatoms. The van der Waals surface area contributed by atoms with Gasteiger partial charge >= 0.3 is 0 Å². The first-order valence-electron chi connectivity index (χ1n) is 6.01. The molecule has 0 aromatic heterocycles. The Hall–Kier alpha value is -1.64. The number of hydrogen-bond donors (Lipinski definition) is 1. The van der Waals surface area contributed by atoms with Gasteiger partial charge in [-0.15, -0.1) is 0 Å². The molecule has 0 unspecified atom stereocenters. The lowest BCUT2D eigenvalue weighted by molar-refractivity contribution is -0.124. The first-order chi connectivity index (χ1) is 8.14. The molecular formula is C14H17NO2. The zero-order valence-electron chi connectivity index (χ0n) is 10.0. The molecule has 1 fully saturated rings. The predicted octanol–water partition coefficient (Wildman–Crippen LogP) is 3.02. The van der Waals surface area contributed by atoms with Crippen molar-refractivity contribution in [1.29, 1.82) is 0 Å². The molecule has 17 heavy (non-hydrogen) atoms. The number of aldehydes is 1. The minimum absolute atomic E-state index is 0.0676. The van der Waals surface area contributed by atoms with Crippen molar-refractivity contribution in [1.82, 2.24) is 0 Å². The summed E-state index contributed by atoms with van der Waals surface area (Å²) < 4.78 is 0. The van der Waals surface area contributed by atoms with Crippen molar-refractivity contribution in [3.8, 4) is 0 Å². The lowest BCUT2D eigenvalue weighted by atomic mass is 9.88. The van der Waals surface area contributed by atoms with Crippen LogP contribution in [0, 0.1) is 5.41 Å². The van der Waals surface area contributed by atoms with E-state index < -0.39 is 0 Å². The van der Waals surface area contributed by atoms with Gasteiger partial charge in [-0.25, -0.2) is 0 Å². The van der Waals surface area contributed by atoms with E-state index in [0.29, 0.717) is 11.3 Å². The fourth-order valence-electron chi connectivity index (χ4n) is 2.35. The van der Waals surface area contributed by atoms with E-state index in [1.165, 1.54) is 0 Å². The van der Waals surface area contributed by atoms with Gasteiger partial charge in [0.25, 0.3) is 0 Å². The van der Waals surface area contributed by atoms with E-state index in [2.05, 4.69) is 5.32 Å². The summed E-state index contributed by atoms with van der Waals surface area (Å²) in [5, 5.41) is 2.90. The van der Waals surface area contributed by atoms with Gasteiger partial charge in [0.05, 0.1) is 0 Å². The molecule has 2 rings (SSSR count). The van der Waals surface area contributed by atoms with E-state index in [0.717, 1.165) is 32.0 Å². The van der Waals surface area contributed by atoms with Crippen LogP contribution < -0.4 is 5.32 Å². The lowest BCUT2D eigenvalue weighted by Gasteiger charge is -2.22. The topological polar surface area (TPSA) is 46.2 Å². The predicted molar refractivity (Wildman–Crippen MR) is 67.0 cm³/mol. The highest BCUT2D eigenvalue weighted by atomic mass is 16.2. The second-order valence-electron chi connectivity index (χ2n) is 4.97. The van der Waals surface area contributed by atoms with Crippen molar-refractivity contribution in [2.45, 2.75) is 32.6 Å². The van der Waals surface area contributed by atoms with Crippen LogP contribution in [0.15, 0.2) is 24.3 Å². The molecule has 90 valence electrons. The van der Waals surface area contributed by atoms with E-state index in [1.807, 2.05) is 13.0 Å². The summed E-state index contributed by atoms with van der Waals surface area (Å²) in [5.41, 5.74) is 1.05. The van der Waals surface area contributed by atoms with E-state index in [1.54, 1.807) is 18.2 Å². The van der Waals surface area contributed by atoms with Gasteiger partial charge in [-0.2, -0.15) is 0 Å². The highest BCUT2D eigenvalue weighted by Crippen LogP contribution is 2.38. The van der Waals surface area contributed by atoms with Crippen LogP contribution in [0.5, 0.6) is 0 Å². The largest absolute Gasteiger partial charge is 0.326 e. The van der Waals surface area contributed by atoms with Crippen LogP contribution in [0.1, 0.15) is 43.0 Å². The molecule has 0 saturated heterocycles. The number of carbonyl (C=O) groups excluding carboxylic acids is 2. The van der Waals surface area contributed by atoms with Crippen molar-refractivity contribution >= 4 is 17.9 Å². The van der Waals surface area contributed by atoms with E-state index in [4.69, 9.17) is 0 Å². The average Bonchev–Trinajstić information content (AvgIpc) is 2.78. The minimum atomic E-state index is -0.239. The third-order valence-corrected chi connectivity index (χ3v) is 3.54. The standard InChI is InChI=1S/C14H17NO2/c1-14(7-2-3-8-14)13(17)15-12-6-4-5-11(9-12)10-16/h4-6,9-10H,2-3,7-8H2,1H3,(H,15,17). The fraction of sp³-hybridized carbons (Fsp3) is 0.429. The molecule has 1 saturated carbocycles. The Morgan fingerprint density at radius 2 is 2.06 bits per heavy atom. The number of carbonyl (C=O) groups is 2. The summed E-state index contributed by atoms with van der Waals surface area (Å²) in [6, 6.07) is 7.00. The number of hydrogen-bond acceptors (Lipinski definition) is 2. The van der Waals surface area contributed by atoms with Gasteiger partial charge in [0.1, 0.15) is 6.29 Å². The van der Waals surface area contributed by atoms with Crippen molar-refractivity contribution in [2.75, 3.05) is 5.32 Å². The maximum absolute atomic E-state index is 12.1. The molecule has 0 radical (unpaired) electrons. The SMILES string of the molecule is CC1(C(=O)Nc2cccc(C=O)c2)CCCC1. The van der Waals surface area contributed by atoms with Crippen molar-refractivity contribution in [3.63, 3.8) is 0 Å². The molecule has 1 aromatic rings. The molecule has 1 aliphatic carbocycles. The summed E-state index contributed by atoms with van der Waals surface area (Å²) in [5.74, 6) is 0.0676. The first kappa shape index (κ1) is 11.8. The highest BCUT2D eigenvalue weighted by molar-refractivity contribution is 5.95. The van der Waals surface area contributed by atoms with Gasteiger partial charge in [0, 0.05) is 16.7 Å². The summed E-state index contributed by atoms with van der Waals surface area (Å²) in [6.45, 7) is 2.01. The monoisotopic (exact) mass is 231 g/mol. The van der Waals surface area contributed by atoms with Gasteiger partial charge in [-0.05, 0) is 25.0 Å². The Morgan fingerprint density at radius 3 is 2.71 bits per heavy atom. The summed E-state index contributed by atoms with van der Waals surface area (Å²) in [6.07, 6.45) is 4.93. The van der Waals surface area contributed by atoms with Crippen LogP contribution in [0.25, 0.3) is 0 Å². The first-order valence-corrected chi connectivity index (χ1v) is 6.01. The molecule has 0 aliphatic heterocycles. The van der Waals surface area contributed by atoms with Gasteiger partial charge in [-0.3, -0.25) is 9.59 Å². The maximum Gasteiger partial charge on any atom is 0.230 e. The molecule has 0 bridgehead atoms. The second kappa shape index (κ2) is 4.70. The summed E-state index contributed by atoms with van der Waals surface area (Å²) in [4.78, 5) is 22.8. The van der Waals surface area contributed by atoms with Crippen LogP contribution in [0.4, 0.5) is 5.69 Å². The Balaban J connectivity index is 2.09. The van der Waals surface area contributed by atoms with Crippen LogP contribution in [-0.2, 0) is 4.79 Å². The highest BCUT2D eigenvalue weighted by Gasteiger charge is 2.36. The van der Waals surface area contributed by atoms with Crippen LogP contribution in [-0.4, -0.2) is 12.2 Å².